The number of carbonyl (C=O) groups excluding carboxylic acids is 1. The number of hydrogen-bond acceptors (Lipinski definition) is 3. The molecule has 0 spiro atoms. The second-order valence-electron chi connectivity index (χ2n) is 4.00. The highest BCUT2D eigenvalue weighted by atomic mass is 79.9. The van der Waals surface area contributed by atoms with E-state index in [1.165, 1.54) is 4.90 Å². The Morgan fingerprint density at radius 2 is 2.00 bits per heavy atom. The Labute approximate surface area is 101 Å². The van der Waals surface area contributed by atoms with Gasteiger partial charge in [-0.3, -0.25) is 4.79 Å². The molecule has 1 fully saturated rings. The van der Waals surface area contributed by atoms with E-state index >= 15 is 0 Å². The van der Waals surface area contributed by atoms with Gasteiger partial charge in [0.05, 0.1) is 12.2 Å². The van der Waals surface area contributed by atoms with Crippen molar-refractivity contribution >= 4 is 21.8 Å². The van der Waals surface area contributed by atoms with Crippen LogP contribution in [0.3, 0.4) is 0 Å². The van der Waals surface area contributed by atoms with Crippen molar-refractivity contribution in [1.82, 2.24) is 9.47 Å². The molecule has 2 heterocycles. The number of aromatic nitrogens is 1. The SMILES string of the molecule is Cn1cc(Br)cc1C(=O)N1CC(O)C(O)C1. The molecule has 1 aliphatic heterocycles. The molecule has 0 aliphatic carbocycles. The van der Waals surface area contributed by atoms with Crippen molar-refractivity contribution in [2.45, 2.75) is 12.2 Å². The van der Waals surface area contributed by atoms with E-state index < -0.39 is 12.2 Å². The molecule has 2 N–H and O–H groups in total. The first-order chi connectivity index (χ1) is 7.49. The fraction of sp³-hybridized carbons (Fsp3) is 0.500. The first kappa shape index (κ1) is 11.6. The summed E-state index contributed by atoms with van der Waals surface area (Å²) in [5.41, 5.74) is 0.535. The average Bonchev–Trinajstić information content (AvgIpc) is 2.70. The smallest absolute Gasteiger partial charge is 0.270 e. The maximum absolute atomic E-state index is 12.0. The van der Waals surface area contributed by atoms with E-state index in [0.717, 1.165) is 4.47 Å². The molecule has 2 rings (SSSR count). The molecule has 0 radical (unpaired) electrons. The number of nitrogens with zero attached hydrogens (tertiary/aromatic N) is 2. The molecule has 2 unspecified atom stereocenters. The van der Waals surface area contributed by atoms with Gasteiger partial charge in [-0.25, -0.2) is 0 Å². The van der Waals surface area contributed by atoms with Crippen LogP contribution in [0.2, 0.25) is 0 Å². The van der Waals surface area contributed by atoms with Crippen molar-refractivity contribution < 1.29 is 15.0 Å². The Morgan fingerprint density at radius 1 is 1.44 bits per heavy atom. The van der Waals surface area contributed by atoms with Crippen LogP contribution in [-0.4, -0.2) is 50.9 Å². The number of halogens is 1. The molecule has 1 saturated heterocycles. The molecule has 1 aliphatic rings. The maximum Gasteiger partial charge on any atom is 0.270 e. The van der Waals surface area contributed by atoms with E-state index in [1.54, 1.807) is 23.9 Å². The molecule has 1 aromatic rings. The number of β-amino-alcohol motifs (C(OH)–C–C–N with tert-alkyl or cyclic N) is 2. The van der Waals surface area contributed by atoms with Gasteiger partial charge in [0, 0.05) is 30.8 Å². The molecular formula is C10H13BrN2O3. The molecule has 1 aromatic heterocycles. The summed E-state index contributed by atoms with van der Waals surface area (Å²) in [4.78, 5) is 13.5. The summed E-state index contributed by atoms with van der Waals surface area (Å²) < 4.78 is 2.54. The minimum atomic E-state index is -0.840. The van der Waals surface area contributed by atoms with Crippen molar-refractivity contribution in [2.75, 3.05) is 13.1 Å². The van der Waals surface area contributed by atoms with E-state index in [0.29, 0.717) is 5.69 Å². The zero-order valence-electron chi connectivity index (χ0n) is 8.80. The van der Waals surface area contributed by atoms with Crippen LogP contribution >= 0.6 is 15.9 Å². The molecule has 16 heavy (non-hydrogen) atoms. The molecule has 0 bridgehead atoms. The third-order valence-electron chi connectivity index (χ3n) is 2.74. The van der Waals surface area contributed by atoms with E-state index in [1.807, 2.05) is 0 Å². The summed E-state index contributed by atoms with van der Waals surface area (Å²) >= 11 is 3.29. The van der Waals surface area contributed by atoms with Gasteiger partial charge < -0.3 is 19.7 Å². The quantitative estimate of drug-likeness (QED) is 0.763. The zero-order chi connectivity index (χ0) is 11.9. The largest absolute Gasteiger partial charge is 0.388 e. The number of rotatable bonds is 1. The normalized spacial score (nSPS) is 25.1. The van der Waals surface area contributed by atoms with E-state index in [4.69, 9.17) is 0 Å². The Kier molecular flexibility index (Phi) is 3.05. The van der Waals surface area contributed by atoms with Gasteiger partial charge in [0.15, 0.2) is 0 Å². The molecule has 5 nitrogen and oxygen atoms in total. The van der Waals surface area contributed by atoms with Crippen molar-refractivity contribution in [3.8, 4) is 0 Å². The lowest BCUT2D eigenvalue weighted by Crippen LogP contribution is -2.31. The van der Waals surface area contributed by atoms with Gasteiger partial charge >= 0.3 is 0 Å². The minimum absolute atomic E-state index is 0.177. The van der Waals surface area contributed by atoms with Crippen molar-refractivity contribution in [1.29, 1.82) is 0 Å². The summed E-state index contributed by atoms with van der Waals surface area (Å²) in [6, 6.07) is 1.72. The number of hydrogen-bond donors (Lipinski definition) is 2. The molecule has 6 heteroatoms. The Morgan fingerprint density at radius 3 is 2.44 bits per heavy atom. The first-order valence-corrected chi connectivity index (χ1v) is 5.75. The van der Waals surface area contributed by atoms with Gasteiger partial charge in [-0.1, -0.05) is 0 Å². The number of carbonyl (C=O) groups is 1. The van der Waals surface area contributed by atoms with Crippen LogP contribution in [0.4, 0.5) is 0 Å². The summed E-state index contributed by atoms with van der Waals surface area (Å²) in [6.07, 6.45) is 0.108. The highest BCUT2D eigenvalue weighted by Gasteiger charge is 2.33. The topological polar surface area (TPSA) is 65.7 Å². The lowest BCUT2D eigenvalue weighted by Gasteiger charge is -2.15. The maximum atomic E-state index is 12.0. The van der Waals surface area contributed by atoms with Gasteiger partial charge in [0.1, 0.15) is 5.69 Å². The van der Waals surface area contributed by atoms with E-state index in [2.05, 4.69) is 15.9 Å². The number of likely N-dealkylation sites (tertiary alicyclic amines) is 1. The highest BCUT2D eigenvalue weighted by Crippen LogP contribution is 2.18. The number of aliphatic hydroxyl groups excluding tert-OH is 2. The Balaban J connectivity index is 2.17. The van der Waals surface area contributed by atoms with Crippen molar-refractivity contribution in [2.24, 2.45) is 7.05 Å². The van der Waals surface area contributed by atoms with Crippen LogP contribution in [0.25, 0.3) is 0 Å². The first-order valence-electron chi connectivity index (χ1n) is 4.96. The predicted molar refractivity (Wildman–Crippen MR) is 61.0 cm³/mol. The third-order valence-corrected chi connectivity index (χ3v) is 3.17. The van der Waals surface area contributed by atoms with Crippen LogP contribution < -0.4 is 0 Å². The van der Waals surface area contributed by atoms with Crippen LogP contribution in [0.15, 0.2) is 16.7 Å². The average molecular weight is 289 g/mol. The van der Waals surface area contributed by atoms with E-state index in [-0.39, 0.29) is 19.0 Å². The van der Waals surface area contributed by atoms with Crippen LogP contribution in [0.5, 0.6) is 0 Å². The molecular weight excluding hydrogens is 276 g/mol. The second kappa shape index (κ2) is 4.20. The van der Waals surface area contributed by atoms with Gasteiger partial charge in [-0.2, -0.15) is 0 Å². The fourth-order valence-electron chi connectivity index (χ4n) is 1.83. The number of aliphatic hydroxyl groups is 2. The van der Waals surface area contributed by atoms with Gasteiger partial charge in [0.2, 0.25) is 0 Å². The Hall–Kier alpha value is -0.850. The van der Waals surface area contributed by atoms with Crippen LogP contribution in [-0.2, 0) is 7.05 Å². The van der Waals surface area contributed by atoms with Gasteiger partial charge in [-0.15, -0.1) is 0 Å². The lowest BCUT2D eigenvalue weighted by atomic mass is 10.3. The molecule has 1 amide bonds. The monoisotopic (exact) mass is 288 g/mol. The Bertz CT molecular complexity index is 408. The van der Waals surface area contributed by atoms with Crippen LogP contribution in [0.1, 0.15) is 10.5 Å². The third kappa shape index (κ3) is 2.00. The fourth-order valence-corrected chi connectivity index (χ4v) is 2.36. The zero-order valence-corrected chi connectivity index (χ0v) is 10.4. The van der Waals surface area contributed by atoms with Crippen LogP contribution in [0, 0.1) is 0 Å². The molecule has 0 saturated carbocycles. The second-order valence-corrected chi connectivity index (χ2v) is 4.91. The van der Waals surface area contributed by atoms with Crippen molar-refractivity contribution in [3.05, 3.63) is 22.4 Å². The van der Waals surface area contributed by atoms with Crippen molar-refractivity contribution in [3.63, 3.8) is 0 Å². The lowest BCUT2D eigenvalue weighted by molar-refractivity contribution is 0.0572. The minimum Gasteiger partial charge on any atom is -0.388 e. The van der Waals surface area contributed by atoms with Gasteiger partial charge in [-0.05, 0) is 22.0 Å². The summed E-state index contributed by atoms with van der Waals surface area (Å²) in [5, 5.41) is 18.8. The summed E-state index contributed by atoms with van der Waals surface area (Å²) in [5.74, 6) is -0.177. The molecule has 88 valence electrons. The van der Waals surface area contributed by atoms with Gasteiger partial charge in [0.25, 0.3) is 5.91 Å². The molecule has 2 atom stereocenters. The highest BCUT2D eigenvalue weighted by molar-refractivity contribution is 9.10. The predicted octanol–water partition coefficient (Wildman–Crippen LogP) is -0.0348. The van der Waals surface area contributed by atoms with E-state index in [9.17, 15) is 15.0 Å². The molecule has 0 aromatic carbocycles. The standard InChI is InChI=1S/C10H13BrN2O3/c1-12-3-6(11)2-7(12)10(16)13-4-8(14)9(15)5-13/h2-3,8-9,14-15H,4-5H2,1H3. The number of aryl methyl sites for hydroxylation is 1. The summed E-state index contributed by atoms with van der Waals surface area (Å²) in [7, 11) is 1.78. The summed E-state index contributed by atoms with van der Waals surface area (Å²) in [6.45, 7) is 0.367. The number of amides is 1.